The Morgan fingerprint density at radius 2 is 1.11 bits per heavy atom. The standard InChI is InChI=1S/C10H20.2CH2O3.H2O/c1-10(2,3)9-7-5-4-6-8-9;2*2-1(3)4;/h9H,4-8H2,1-3H3;2*(H2,2,3,4);1H2/p-4. The molecule has 0 heterocycles. The molecule has 0 amide bonds. The molecule has 0 aromatic carbocycles. The number of hydrogen-bond acceptors (Lipinski definition) is 6. The van der Waals surface area contributed by atoms with Gasteiger partial charge in [-0.05, 0) is 36.5 Å². The van der Waals surface area contributed by atoms with Gasteiger partial charge in [0.2, 0.25) is 0 Å². The second-order valence-electron chi connectivity index (χ2n) is 5.20. The summed E-state index contributed by atoms with van der Waals surface area (Å²) in [5, 5.41) is 33.3. The van der Waals surface area contributed by atoms with E-state index in [1.54, 1.807) is 0 Å². The molecule has 0 aromatic heterocycles. The Labute approximate surface area is 113 Å². The zero-order valence-electron chi connectivity index (χ0n) is 11.6. The van der Waals surface area contributed by atoms with Gasteiger partial charge in [-0.15, -0.1) is 0 Å². The molecular weight excluding hydrogens is 256 g/mol. The van der Waals surface area contributed by atoms with Gasteiger partial charge in [-0.25, -0.2) is 0 Å². The molecule has 19 heavy (non-hydrogen) atoms. The van der Waals surface area contributed by atoms with Gasteiger partial charge in [0.15, 0.2) is 0 Å². The lowest BCUT2D eigenvalue weighted by atomic mass is 9.72. The number of rotatable bonds is 0. The second-order valence-corrected chi connectivity index (χ2v) is 5.20. The fourth-order valence-electron chi connectivity index (χ4n) is 1.97. The van der Waals surface area contributed by atoms with Crippen LogP contribution in [0, 0.1) is 11.3 Å². The number of carbonyl (C=O) groups excluding carboxylic acids is 2. The summed E-state index contributed by atoms with van der Waals surface area (Å²) < 4.78 is 0. The molecule has 0 saturated heterocycles. The first-order chi connectivity index (χ1) is 8.07. The normalized spacial score (nSPS) is 14.7. The Morgan fingerprint density at radius 1 is 0.842 bits per heavy atom. The largest absolute Gasteiger partial charge is 0.652 e. The lowest BCUT2D eigenvalue weighted by molar-refractivity contribution is -0.417. The van der Waals surface area contributed by atoms with E-state index < -0.39 is 12.3 Å². The maximum Gasteiger partial charge on any atom is -0.0354 e. The van der Waals surface area contributed by atoms with Crippen LogP contribution in [0.2, 0.25) is 0 Å². The highest BCUT2D eigenvalue weighted by atomic mass is 16.6. The van der Waals surface area contributed by atoms with Gasteiger partial charge in [0.1, 0.15) is 0 Å². The highest BCUT2D eigenvalue weighted by Crippen LogP contribution is 2.37. The molecule has 0 aromatic rings. The third-order valence-corrected chi connectivity index (χ3v) is 2.83. The summed E-state index contributed by atoms with van der Waals surface area (Å²) in [7, 11) is 0. The SMILES string of the molecule is CC(C)(C)C1CCCCC1.O.O=C([O-])[O-].O=C([O-])[O-]. The molecule has 0 bridgehead atoms. The van der Waals surface area contributed by atoms with Crippen LogP contribution in [0.3, 0.4) is 0 Å². The van der Waals surface area contributed by atoms with Crippen LogP contribution >= 0.6 is 0 Å². The molecule has 0 radical (unpaired) electrons. The van der Waals surface area contributed by atoms with Crippen LogP contribution in [0.5, 0.6) is 0 Å². The molecule has 0 spiro atoms. The number of hydrogen-bond donors (Lipinski definition) is 0. The fraction of sp³-hybridized carbons (Fsp3) is 0.833. The molecule has 1 rings (SSSR count). The van der Waals surface area contributed by atoms with Crippen LogP contribution in [0.15, 0.2) is 0 Å². The van der Waals surface area contributed by atoms with E-state index in [0.717, 1.165) is 5.92 Å². The first kappa shape index (κ1) is 22.7. The van der Waals surface area contributed by atoms with Gasteiger partial charge in [0.05, 0.1) is 0 Å². The lowest BCUT2D eigenvalue weighted by Gasteiger charge is -2.33. The minimum Gasteiger partial charge on any atom is -0.652 e. The van der Waals surface area contributed by atoms with Crippen LogP contribution in [0.4, 0.5) is 9.59 Å². The smallest absolute Gasteiger partial charge is 0.0354 e. The fourth-order valence-corrected chi connectivity index (χ4v) is 1.97. The van der Waals surface area contributed by atoms with Crippen LogP contribution in [0.1, 0.15) is 52.9 Å². The summed E-state index contributed by atoms with van der Waals surface area (Å²) in [6.45, 7) is 7.13. The maximum atomic E-state index is 8.33. The van der Waals surface area contributed by atoms with Gasteiger partial charge in [-0.3, -0.25) is 0 Å². The Kier molecular flexibility index (Phi) is 13.8. The second kappa shape index (κ2) is 11.6. The molecule has 0 atom stereocenters. The third kappa shape index (κ3) is 22.2. The van der Waals surface area contributed by atoms with Gasteiger partial charge >= 0.3 is 0 Å². The summed E-state index contributed by atoms with van der Waals surface area (Å²) in [6.07, 6.45) is 2.71. The van der Waals surface area contributed by atoms with Crippen molar-refractivity contribution in [2.45, 2.75) is 52.9 Å². The Bertz CT molecular complexity index is 219. The minimum atomic E-state index is -2.33. The summed E-state index contributed by atoms with van der Waals surface area (Å²) in [4.78, 5) is 16.7. The van der Waals surface area contributed by atoms with Crippen LogP contribution in [-0.2, 0) is 0 Å². The van der Waals surface area contributed by atoms with Crippen LogP contribution < -0.4 is 20.4 Å². The molecule has 0 aliphatic heterocycles. The monoisotopic (exact) mass is 278 g/mol. The highest BCUT2D eigenvalue weighted by molar-refractivity contribution is 5.47. The van der Waals surface area contributed by atoms with Crippen molar-refractivity contribution in [2.75, 3.05) is 0 Å². The Hall–Kier alpha value is -1.50. The van der Waals surface area contributed by atoms with E-state index in [4.69, 9.17) is 30.0 Å². The first-order valence-electron chi connectivity index (χ1n) is 5.83. The van der Waals surface area contributed by atoms with Gasteiger partial charge in [0.25, 0.3) is 0 Å². The molecule has 1 aliphatic rings. The number of carboxylic acid groups (broad SMARTS) is 4. The summed E-state index contributed by atoms with van der Waals surface area (Å²) >= 11 is 0. The topological polar surface area (TPSA) is 158 Å². The van der Waals surface area contributed by atoms with Crippen molar-refractivity contribution in [3.63, 3.8) is 0 Å². The van der Waals surface area contributed by atoms with Crippen molar-refractivity contribution in [1.29, 1.82) is 0 Å². The molecule has 0 unspecified atom stereocenters. The van der Waals surface area contributed by atoms with Crippen molar-refractivity contribution >= 4 is 12.3 Å². The van der Waals surface area contributed by atoms with Crippen molar-refractivity contribution in [3.8, 4) is 0 Å². The summed E-state index contributed by atoms with van der Waals surface area (Å²) in [5.74, 6) is 1.00. The molecule has 116 valence electrons. The van der Waals surface area contributed by atoms with E-state index in [2.05, 4.69) is 20.8 Å². The molecule has 7 heteroatoms. The van der Waals surface area contributed by atoms with Crippen molar-refractivity contribution in [1.82, 2.24) is 0 Å². The van der Waals surface area contributed by atoms with Crippen LogP contribution in [0.25, 0.3) is 0 Å². The molecule has 7 nitrogen and oxygen atoms in total. The number of carbonyl (C=O) groups is 2. The molecule has 1 fully saturated rings. The van der Waals surface area contributed by atoms with Gasteiger partial charge in [0, 0.05) is 0 Å². The Morgan fingerprint density at radius 3 is 1.26 bits per heavy atom. The molecule has 1 aliphatic carbocycles. The lowest BCUT2D eigenvalue weighted by Crippen LogP contribution is -2.37. The quantitative estimate of drug-likeness (QED) is 0.493. The summed E-state index contributed by atoms with van der Waals surface area (Å²) in [5.41, 5.74) is 0.570. The zero-order chi connectivity index (χ0) is 14.8. The van der Waals surface area contributed by atoms with Crippen molar-refractivity contribution in [2.24, 2.45) is 11.3 Å². The van der Waals surface area contributed by atoms with Crippen molar-refractivity contribution in [3.05, 3.63) is 0 Å². The van der Waals surface area contributed by atoms with E-state index in [-0.39, 0.29) is 5.48 Å². The van der Waals surface area contributed by atoms with E-state index in [9.17, 15) is 0 Å². The van der Waals surface area contributed by atoms with Gasteiger partial charge in [-0.2, -0.15) is 0 Å². The average molecular weight is 278 g/mol. The average Bonchev–Trinajstić information content (AvgIpc) is 2.16. The predicted octanol–water partition coefficient (Wildman–Crippen LogP) is -2.11. The minimum absolute atomic E-state index is 0. The van der Waals surface area contributed by atoms with E-state index in [1.165, 1.54) is 32.1 Å². The highest BCUT2D eigenvalue weighted by Gasteiger charge is 2.25. The van der Waals surface area contributed by atoms with Gasteiger partial charge in [-0.1, -0.05) is 40.0 Å². The van der Waals surface area contributed by atoms with E-state index >= 15 is 0 Å². The predicted molar refractivity (Wildman–Crippen MR) is 60.4 cm³/mol. The Balaban J connectivity index is -0.000000242. The summed E-state index contributed by atoms with van der Waals surface area (Å²) in [6, 6.07) is 0. The maximum absolute atomic E-state index is 8.33. The van der Waals surface area contributed by atoms with Crippen molar-refractivity contribution < 1.29 is 35.5 Å². The molecule has 2 N–H and O–H groups in total. The molecule has 1 saturated carbocycles. The van der Waals surface area contributed by atoms with E-state index in [0.29, 0.717) is 5.41 Å². The molecular formula is C12H22O7-4. The van der Waals surface area contributed by atoms with Crippen LogP contribution in [-0.4, -0.2) is 17.8 Å². The van der Waals surface area contributed by atoms with Gasteiger partial charge < -0.3 is 35.5 Å². The zero-order valence-corrected chi connectivity index (χ0v) is 11.6. The van der Waals surface area contributed by atoms with E-state index in [1.807, 2.05) is 0 Å². The third-order valence-electron chi connectivity index (χ3n) is 2.83. The first-order valence-corrected chi connectivity index (χ1v) is 5.83.